The van der Waals surface area contributed by atoms with Crippen molar-refractivity contribution in [1.82, 2.24) is 4.90 Å². The SMILES string of the molecule is CCCC[N+]1(CS(N)(=O)=O)C=CN(C)C1. The Kier molecular flexibility index (Phi) is 3.75. The first-order valence-electron chi connectivity index (χ1n) is 5.13. The zero-order chi connectivity index (χ0) is 11.5. The number of sulfonamides is 1. The van der Waals surface area contributed by atoms with Gasteiger partial charge < -0.3 is 4.90 Å². The van der Waals surface area contributed by atoms with E-state index in [9.17, 15) is 8.42 Å². The molecule has 0 aromatic rings. The molecule has 2 N–H and O–H groups in total. The molecule has 0 aliphatic carbocycles. The van der Waals surface area contributed by atoms with E-state index in [1.165, 1.54) is 0 Å². The zero-order valence-corrected chi connectivity index (χ0v) is 10.2. The quantitative estimate of drug-likeness (QED) is 0.692. The van der Waals surface area contributed by atoms with Crippen molar-refractivity contribution in [2.24, 2.45) is 5.14 Å². The third-order valence-corrected chi connectivity index (χ3v) is 3.41. The lowest BCUT2D eigenvalue weighted by molar-refractivity contribution is -0.869. The predicted octanol–water partition coefficient (Wildman–Crippen LogP) is 0.223. The van der Waals surface area contributed by atoms with Crippen molar-refractivity contribution in [1.29, 1.82) is 0 Å². The fourth-order valence-electron chi connectivity index (χ4n) is 1.92. The van der Waals surface area contributed by atoms with Gasteiger partial charge in [-0.1, -0.05) is 13.3 Å². The molecule has 0 radical (unpaired) electrons. The van der Waals surface area contributed by atoms with Gasteiger partial charge in [-0.05, 0) is 6.42 Å². The van der Waals surface area contributed by atoms with Crippen molar-refractivity contribution in [3.63, 3.8) is 0 Å². The number of unbranched alkanes of at least 4 members (excludes halogenated alkanes) is 1. The van der Waals surface area contributed by atoms with E-state index in [0.717, 1.165) is 19.4 Å². The lowest BCUT2D eigenvalue weighted by atomic mass is 10.3. The summed E-state index contributed by atoms with van der Waals surface area (Å²) in [6.07, 6.45) is 5.91. The van der Waals surface area contributed by atoms with Crippen LogP contribution in [-0.4, -0.2) is 43.9 Å². The Balaban J connectivity index is 2.75. The molecular formula is C9H20N3O2S+. The van der Waals surface area contributed by atoms with E-state index in [1.54, 1.807) is 0 Å². The van der Waals surface area contributed by atoms with Gasteiger partial charge in [-0.3, -0.25) is 4.48 Å². The van der Waals surface area contributed by atoms with Crippen LogP contribution in [0.3, 0.4) is 0 Å². The van der Waals surface area contributed by atoms with Crippen molar-refractivity contribution in [2.45, 2.75) is 19.8 Å². The molecule has 0 saturated heterocycles. The molecular weight excluding hydrogens is 214 g/mol. The van der Waals surface area contributed by atoms with E-state index in [-0.39, 0.29) is 5.88 Å². The van der Waals surface area contributed by atoms with Gasteiger partial charge in [-0.15, -0.1) is 0 Å². The molecule has 15 heavy (non-hydrogen) atoms. The second-order valence-electron chi connectivity index (χ2n) is 4.28. The Bertz CT molecular complexity index is 339. The molecule has 0 fully saturated rings. The number of hydrogen-bond acceptors (Lipinski definition) is 3. The van der Waals surface area contributed by atoms with Crippen LogP contribution < -0.4 is 5.14 Å². The minimum Gasteiger partial charge on any atom is -0.329 e. The Hall–Kier alpha value is -0.590. The number of quaternary nitrogens is 1. The topological polar surface area (TPSA) is 63.4 Å². The number of nitrogens with zero attached hydrogens (tertiary/aromatic N) is 2. The van der Waals surface area contributed by atoms with Crippen LogP contribution >= 0.6 is 0 Å². The molecule has 0 spiro atoms. The summed E-state index contributed by atoms with van der Waals surface area (Å²) in [6.45, 7) is 3.61. The van der Waals surface area contributed by atoms with Gasteiger partial charge >= 0.3 is 0 Å². The first-order valence-corrected chi connectivity index (χ1v) is 6.84. The Morgan fingerprint density at radius 2 is 2.20 bits per heavy atom. The van der Waals surface area contributed by atoms with Crippen molar-refractivity contribution >= 4 is 10.0 Å². The maximum absolute atomic E-state index is 11.2. The second kappa shape index (κ2) is 4.51. The van der Waals surface area contributed by atoms with E-state index in [2.05, 4.69) is 6.92 Å². The summed E-state index contributed by atoms with van der Waals surface area (Å²) in [4.78, 5) is 1.99. The number of rotatable bonds is 5. The molecule has 1 aliphatic heterocycles. The number of hydrogen-bond donors (Lipinski definition) is 1. The Morgan fingerprint density at radius 3 is 2.60 bits per heavy atom. The van der Waals surface area contributed by atoms with Crippen molar-refractivity contribution < 1.29 is 12.9 Å². The smallest absolute Gasteiger partial charge is 0.260 e. The molecule has 1 unspecified atom stereocenters. The third kappa shape index (κ3) is 3.81. The number of nitrogens with two attached hydrogens (primary N) is 1. The molecule has 0 aromatic heterocycles. The third-order valence-electron chi connectivity index (χ3n) is 2.54. The van der Waals surface area contributed by atoms with Gasteiger partial charge in [0.2, 0.25) is 0 Å². The highest BCUT2D eigenvalue weighted by Gasteiger charge is 2.34. The highest BCUT2D eigenvalue weighted by Crippen LogP contribution is 2.19. The van der Waals surface area contributed by atoms with Crippen LogP contribution in [0, 0.1) is 0 Å². The zero-order valence-electron chi connectivity index (χ0n) is 9.39. The number of primary sulfonamides is 1. The average molecular weight is 234 g/mol. The van der Waals surface area contributed by atoms with Crippen LogP contribution in [0.2, 0.25) is 0 Å². The van der Waals surface area contributed by atoms with E-state index in [4.69, 9.17) is 5.14 Å². The average Bonchev–Trinajstić information content (AvgIpc) is 2.41. The summed E-state index contributed by atoms with van der Waals surface area (Å²) in [6, 6.07) is 0. The molecule has 0 bridgehead atoms. The van der Waals surface area contributed by atoms with Gasteiger partial charge in [0.05, 0.1) is 12.7 Å². The van der Waals surface area contributed by atoms with Gasteiger partial charge in [0.15, 0.2) is 12.5 Å². The van der Waals surface area contributed by atoms with Crippen LogP contribution in [0.5, 0.6) is 0 Å². The highest BCUT2D eigenvalue weighted by atomic mass is 32.2. The molecule has 88 valence electrons. The van der Waals surface area contributed by atoms with Crippen molar-refractivity contribution in [3.8, 4) is 0 Å². The maximum atomic E-state index is 11.2. The molecule has 5 nitrogen and oxygen atoms in total. The van der Waals surface area contributed by atoms with Crippen molar-refractivity contribution in [3.05, 3.63) is 12.4 Å². The van der Waals surface area contributed by atoms with E-state index in [0.29, 0.717) is 11.2 Å². The van der Waals surface area contributed by atoms with Gasteiger partial charge in [0.1, 0.15) is 6.20 Å². The molecule has 0 aromatic carbocycles. The molecule has 1 rings (SSSR count). The second-order valence-corrected chi connectivity index (χ2v) is 5.87. The minimum absolute atomic E-state index is 0.00611. The summed E-state index contributed by atoms with van der Waals surface area (Å²) in [5, 5.41) is 5.12. The normalized spacial score (nSPS) is 26.2. The van der Waals surface area contributed by atoms with Crippen LogP contribution in [0.1, 0.15) is 19.8 Å². The molecule has 1 heterocycles. The largest absolute Gasteiger partial charge is 0.329 e. The maximum Gasteiger partial charge on any atom is 0.260 e. The monoisotopic (exact) mass is 234 g/mol. The lowest BCUT2D eigenvalue weighted by Gasteiger charge is -2.31. The molecule has 6 heteroatoms. The van der Waals surface area contributed by atoms with Crippen molar-refractivity contribution in [2.75, 3.05) is 26.1 Å². The highest BCUT2D eigenvalue weighted by molar-refractivity contribution is 7.88. The fourth-order valence-corrected chi connectivity index (χ4v) is 2.93. The molecule has 0 amide bonds. The van der Waals surface area contributed by atoms with Gasteiger partial charge in [-0.25, -0.2) is 13.6 Å². The fraction of sp³-hybridized carbons (Fsp3) is 0.778. The summed E-state index contributed by atoms with van der Waals surface area (Å²) >= 11 is 0. The van der Waals surface area contributed by atoms with Crippen LogP contribution in [0.25, 0.3) is 0 Å². The summed E-state index contributed by atoms with van der Waals surface area (Å²) < 4.78 is 22.8. The first-order chi connectivity index (χ1) is 6.87. The van der Waals surface area contributed by atoms with Crippen LogP contribution in [-0.2, 0) is 10.0 Å². The van der Waals surface area contributed by atoms with Gasteiger partial charge in [0.25, 0.3) is 10.0 Å². The molecule has 1 atom stereocenters. The minimum atomic E-state index is -3.43. The first kappa shape index (κ1) is 12.5. The Morgan fingerprint density at radius 1 is 1.53 bits per heavy atom. The molecule has 0 saturated carbocycles. The van der Waals surface area contributed by atoms with E-state index >= 15 is 0 Å². The lowest BCUT2D eigenvalue weighted by Crippen LogP contribution is -2.49. The van der Waals surface area contributed by atoms with E-state index in [1.807, 2.05) is 24.3 Å². The summed E-state index contributed by atoms with van der Waals surface area (Å²) in [7, 11) is -1.49. The predicted molar refractivity (Wildman–Crippen MR) is 59.8 cm³/mol. The van der Waals surface area contributed by atoms with Gasteiger partial charge in [-0.2, -0.15) is 0 Å². The van der Waals surface area contributed by atoms with Crippen LogP contribution in [0.4, 0.5) is 0 Å². The Labute approximate surface area is 91.8 Å². The van der Waals surface area contributed by atoms with E-state index < -0.39 is 10.0 Å². The summed E-state index contributed by atoms with van der Waals surface area (Å²) in [5.41, 5.74) is 0. The van der Waals surface area contributed by atoms with Crippen LogP contribution in [0.15, 0.2) is 12.4 Å². The van der Waals surface area contributed by atoms with Gasteiger partial charge in [0, 0.05) is 7.05 Å². The summed E-state index contributed by atoms with van der Waals surface area (Å²) in [5.74, 6) is -0.00611. The standard InChI is InChI=1S/C9H20N3O2S/c1-3-4-6-12(9-15(10,13)14)7-5-11(2)8-12/h5,7H,3-4,6,8-9H2,1-2H3,(H2,10,13,14)/q+1. The molecule has 1 aliphatic rings.